The number of halogens is 1. The van der Waals surface area contributed by atoms with Gasteiger partial charge < -0.3 is 18.9 Å². The van der Waals surface area contributed by atoms with E-state index < -0.39 is 18.2 Å². The molecule has 174 valence electrons. The highest BCUT2D eigenvalue weighted by Gasteiger charge is 2.20. The topological polar surface area (TPSA) is 119 Å². The van der Waals surface area contributed by atoms with Gasteiger partial charge in [-0.05, 0) is 25.5 Å². The van der Waals surface area contributed by atoms with Crippen molar-refractivity contribution < 1.29 is 24.0 Å². The molecule has 2 aromatic carbocycles. The van der Waals surface area contributed by atoms with Crippen molar-refractivity contribution in [2.45, 2.75) is 26.5 Å². The van der Waals surface area contributed by atoms with E-state index in [1.807, 2.05) is 30.3 Å². The van der Waals surface area contributed by atoms with Crippen LogP contribution in [0, 0.1) is 6.92 Å². The molecule has 0 bridgehead atoms. The molecule has 1 unspecified atom stereocenters. The van der Waals surface area contributed by atoms with Crippen molar-refractivity contribution in [3.63, 3.8) is 0 Å². The summed E-state index contributed by atoms with van der Waals surface area (Å²) in [5.41, 5.74) is 3.21. The number of anilines is 1. The number of nitrogens with zero attached hydrogens (tertiary/aromatic N) is 3. The van der Waals surface area contributed by atoms with E-state index in [0.717, 1.165) is 11.1 Å². The predicted octanol–water partition coefficient (Wildman–Crippen LogP) is 5.56. The average molecular weight is 481 g/mol. The first-order valence-electron chi connectivity index (χ1n) is 10.3. The Labute approximate surface area is 199 Å². The number of carbonyl (C=O) groups excluding carboxylic acids is 1. The van der Waals surface area contributed by atoms with Crippen LogP contribution in [0.2, 0.25) is 5.02 Å². The fourth-order valence-corrected chi connectivity index (χ4v) is 3.70. The van der Waals surface area contributed by atoms with E-state index >= 15 is 0 Å². The zero-order chi connectivity index (χ0) is 24.2. The van der Waals surface area contributed by atoms with Gasteiger partial charge in [0.1, 0.15) is 17.5 Å². The van der Waals surface area contributed by atoms with Gasteiger partial charge in [-0.15, -0.1) is 0 Å². The number of aromatic nitrogens is 3. The van der Waals surface area contributed by atoms with E-state index in [4.69, 9.17) is 26.0 Å². The highest BCUT2D eigenvalue weighted by atomic mass is 35.5. The van der Waals surface area contributed by atoms with Gasteiger partial charge in [0, 0.05) is 28.9 Å². The van der Waals surface area contributed by atoms with Gasteiger partial charge >= 0.3 is 12.1 Å². The Morgan fingerprint density at radius 2 is 1.94 bits per heavy atom. The third-order valence-electron chi connectivity index (χ3n) is 5.16. The van der Waals surface area contributed by atoms with Gasteiger partial charge in [0.05, 0.1) is 6.33 Å². The van der Waals surface area contributed by atoms with E-state index in [-0.39, 0.29) is 5.69 Å². The Bertz CT molecular complexity index is 1330. The van der Waals surface area contributed by atoms with Gasteiger partial charge in [-0.3, -0.25) is 5.32 Å². The first kappa shape index (κ1) is 23.1. The molecule has 0 aliphatic heterocycles. The first-order chi connectivity index (χ1) is 16.3. The van der Waals surface area contributed by atoms with Crippen LogP contribution in [0.15, 0.2) is 65.6 Å². The monoisotopic (exact) mass is 480 g/mol. The molecule has 0 saturated carbocycles. The van der Waals surface area contributed by atoms with Gasteiger partial charge in [-0.2, -0.15) is 0 Å². The lowest BCUT2D eigenvalue weighted by atomic mass is 10.1. The van der Waals surface area contributed by atoms with Crippen LogP contribution in [0.25, 0.3) is 11.3 Å². The number of carboxylic acid groups (broad SMARTS) is 1. The molecule has 0 aliphatic rings. The maximum Gasteiger partial charge on any atom is 0.412 e. The molecule has 1 atom stereocenters. The van der Waals surface area contributed by atoms with Crippen LogP contribution < -0.4 is 5.32 Å². The number of nitrogens with one attached hydrogen (secondary N) is 1. The minimum Gasteiger partial charge on any atom is -0.476 e. The fourth-order valence-electron chi connectivity index (χ4n) is 3.41. The molecule has 0 saturated heterocycles. The van der Waals surface area contributed by atoms with E-state index in [1.165, 1.54) is 12.5 Å². The molecule has 2 N–H and O–H groups in total. The molecule has 4 rings (SSSR count). The Morgan fingerprint density at radius 3 is 2.62 bits per heavy atom. The summed E-state index contributed by atoms with van der Waals surface area (Å²) in [7, 11) is 0. The van der Waals surface area contributed by atoms with E-state index in [1.54, 1.807) is 36.6 Å². The second-order valence-corrected chi connectivity index (χ2v) is 8.00. The minimum atomic E-state index is -1.07. The summed E-state index contributed by atoms with van der Waals surface area (Å²) in [6.45, 7) is 3.88. The van der Waals surface area contributed by atoms with Crippen molar-refractivity contribution in [2.24, 2.45) is 0 Å². The normalized spacial score (nSPS) is 11.7. The van der Waals surface area contributed by atoms with E-state index in [2.05, 4.69) is 15.5 Å². The van der Waals surface area contributed by atoms with Crippen LogP contribution in [0.5, 0.6) is 0 Å². The number of aromatic carboxylic acids is 1. The molecule has 10 heteroatoms. The summed E-state index contributed by atoms with van der Waals surface area (Å²) in [4.78, 5) is 27.4. The number of imidazole rings is 1. The smallest absolute Gasteiger partial charge is 0.412 e. The predicted molar refractivity (Wildman–Crippen MR) is 125 cm³/mol. The molecule has 1 amide bonds. The highest BCUT2D eigenvalue weighted by molar-refractivity contribution is 6.31. The number of aryl methyl sites for hydroxylation is 1. The lowest BCUT2D eigenvalue weighted by Gasteiger charge is -2.15. The molecular weight excluding hydrogens is 460 g/mol. The average Bonchev–Trinajstić information content (AvgIpc) is 3.42. The van der Waals surface area contributed by atoms with Gasteiger partial charge in [0.15, 0.2) is 11.5 Å². The number of benzene rings is 2. The SMILES string of the molecule is Cc1onc(-c2ccc(Cn3cnc(C(=O)O)c3)cc2)c1NC(=O)OC(C)c1ccccc1Cl. The van der Waals surface area contributed by atoms with Crippen molar-refractivity contribution in [2.75, 3.05) is 5.32 Å². The molecule has 4 aromatic rings. The Morgan fingerprint density at radius 1 is 1.21 bits per heavy atom. The van der Waals surface area contributed by atoms with Gasteiger partial charge in [0.2, 0.25) is 0 Å². The maximum atomic E-state index is 12.6. The first-order valence-corrected chi connectivity index (χ1v) is 10.7. The number of rotatable bonds is 7. The van der Waals surface area contributed by atoms with Gasteiger partial charge in [-0.25, -0.2) is 14.6 Å². The molecule has 34 heavy (non-hydrogen) atoms. The van der Waals surface area contributed by atoms with Gasteiger partial charge in [0.25, 0.3) is 0 Å². The molecule has 2 heterocycles. The van der Waals surface area contributed by atoms with Gasteiger partial charge in [-0.1, -0.05) is 59.2 Å². The number of amides is 1. The number of hydrogen-bond acceptors (Lipinski definition) is 6. The summed E-state index contributed by atoms with van der Waals surface area (Å²) < 4.78 is 12.5. The standard InChI is InChI=1S/C24H21ClN4O5/c1-14(18-5-3-4-6-19(18)25)33-24(32)27-21-15(2)34-28-22(21)17-9-7-16(8-10-17)11-29-12-20(23(30)31)26-13-29/h3-10,12-14H,11H2,1-2H3,(H,27,32)(H,30,31). The molecule has 0 radical (unpaired) electrons. The van der Waals surface area contributed by atoms with E-state index in [0.29, 0.717) is 34.3 Å². The zero-order valence-electron chi connectivity index (χ0n) is 18.4. The number of carboxylic acids is 1. The van der Waals surface area contributed by atoms with Crippen LogP contribution in [0.1, 0.15) is 40.4 Å². The van der Waals surface area contributed by atoms with Crippen molar-refractivity contribution in [1.29, 1.82) is 0 Å². The van der Waals surface area contributed by atoms with Crippen molar-refractivity contribution in [3.8, 4) is 11.3 Å². The lowest BCUT2D eigenvalue weighted by Crippen LogP contribution is -2.17. The Balaban J connectivity index is 1.46. The minimum absolute atomic E-state index is 0.0128. The molecule has 9 nitrogen and oxygen atoms in total. The quantitative estimate of drug-likeness (QED) is 0.355. The van der Waals surface area contributed by atoms with E-state index in [9.17, 15) is 9.59 Å². The Kier molecular flexibility index (Phi) is 6.65. The van der Waals surface area contributed by atoms with Crippen molar-refractivity contribution >= 4 is 29.4 Å². The Hall–Kier alpha value is -4.11. The third kappa shape index (κ3) is 5.10. The molecule has 0 spiro atoms. The van der Waals surface area contributed by atoms with Crippen LogP contribution in [-0.4, -0.2) is 31.9 Å². The van der Waals surface area contributed by atoms with Crippen molar-refractivity contribution in [3.05, 3.63) is 88.7 Å². The lowest BCUT2D eigenvalue weighted by molar-refractivity contribution is 0.0690. The summed E-state index contributed by atoms with van der Waals surface area (Å²) in [5.74, 6) is -0.642. The zero-order valence-corrected chi connectivity index (χ0v) is 19.1. The molecule has 0 fully saturated rings. The molecular formula is C24H21ClN4O5. The summed E-state index contributed by atoms with van der Waals surface area (Å²) >= 11 is 6.19. The number of carbonyl (C=O) groups is 2. The number of hydrogen-bond donors (Lipinski definition) is 2. The summed E-state index contributed by atoms with van der Waals surface area (Å²) in [5, 5.41) is 16.3. The molecule has 2 aromatic heterocycles. The third-order valence-corrected chi connectivity index (χ3v) is 5.51. The molecule has 0 aliphatic carbocycles. The van der Waals surface area contributed by atoms with Crippen LogP contribution in [0.3, 0.4) is 0 Å². The summed E-state index contributed by atoms with van der Waals surface area (Å²) in [6, 6.07) is 14.6. The summed E-state index contributed by atoms with van der Waals surface area (Å²) in [6.07, 6.45) is 1.72. The number of ether oxygens (including phenoxy) is 1. The second-order valence-electron chi connectivity index (χ2n) is 7.59. The van der Waals surface area contributed by atoms with Crippen LogP contribution in [0.4, 0.5) is 10.5 Å². The maximum absolute atomic E-state index is 12.6. The van der Waals surface area contributed by atoms with Crippen LogP contribution >= 0.6 is 11.6 Å². The largest absolute Gasteiger partial charge is 0.476 e. The highest BCUT2D eigenvalue weighted by Crippen LogP contribution is 2.31. The second kappa shape index (κ2) is 9.80. The van der Waals surface area contributed by atoms with Crippen molar-refractivity contribution in [1.82, 2.24) is 14.7 Å². The van der Waals surface area contributed by atoms with Crippen LogP contribution in [-0.2, 0) is 11.3 Å². The fraction of sp³-hybridized carbons (Fsp3) is 0.167.